The number of para-hydroxylation sites is 2. The van der Waals surface area contributed by atoms with E-state index in [1.54, 1.807) is 31.3 Å². The summed E-state index contributed by atoms with van der Waals surface area (Å²) in [4.78, 5) is 15.1. The van der Waals surface area contributed by atoms with E-state index >= 15 is 0 Å². The van der Waals surface area contributed by atoms with Crippen LogP contribution in [-0.2, 0) is 4.74 Å². The molecule has 6 nitrogen and oxygen atoms in total. The summed E-state index contributed by atoms with van der Waals surface area (Å²) < 4.78 is 12.9. The number of hydrogen-bond donors (Lipinski definition) is 0. The lowest BCUT2D eigenvalue weighted by Gasteiger charge is -2.43. The van der Waals surface area contributed by atoms with Gasteiger partial charge in [-0.1, -0.05) is 18.6 Å². The van der Waals surface area contributed by atoms with Crippen molar-refractivity contribution in [3.63, 3.8) is 0 Å². The van der Waals surface area contributed by atoms with E-state index in [9.17, 15) is 4.79 Å². The Morgan fingerprint density at radius 1 is 1.22 bits per heavy atom. The highest BCUT2D eigenvalue weighted by Crippen LogP contribution is 2.46. The first-order valence-electron chi connectivity index (χ1n) is 9.67. The number of piperidine rings is 1. The molecular weight excluding hydrogens is 342 g/mol. The standard InChI is InChI=1S/C21H27N3O3/c1-26-18-8-4-3-7-17(18)24-14-16(13-22-24)20(25)23-12-6-11-21(15-23)10-5-9-19(21)27-2/h3-4,7-8,13-14,19H,5-6,9-12,15H2,1-2H3/t19-,21+/m1/s1. The summed E-state index contributed by atoms with van der Waals surface area (Å²) >= 11 is 0. The molecule has 2 heterocycles. The number of amides is 1. The van der Waals surface area contributed by atoms with Gasteiger partial charge in [0, 0.05) is 31.8 Å². The molecule has 6 heteroatoms. The fraction of sp³-hybridized carbons (Fsp3) is 0.524. The second-order valence-electron chi connectivity index (χ2n) is 7.65. The third-order valence-electron chi connectivity index (χ3n) is 6.17. The Bertz CT molecular complexity index is 819. The molecule has 0 N–H and O–H groups in total. The Balaban J connectivity index is 1.54. The molecule has 1 aromatic carbocycles. The minimum atomic E-state index is 0.0528. The first kappa shape index (κ1) is 18.0. The lowest BCUT2D eigenvalue weighted by atomic mass is 9.76. The SMILES string of the molecule is COc1ccccc1-n1cc(C(=O)N2CCC[C@@]3(CCC[C@H]3OC)C2)cn1. The molecule has 2 fully saturated rings. The number of carbonyl (C=O) groups is 1. The highest BCUT2D eigenvalue weighted by Gasteiger charge is 2.46. The number of methoxy groups -OCH3 is 2. The number of benzene rings is 1. The van der Waals surface area contributed by atoms with Crippen LogP contribution >= 0.6 is 0 Å². The second kappa shape index (κ2) is 7.35. The number of rotatable bonds is 4. The summed E-state index contributed by atoms with van der Waals surface area (Å²) in [5, 5.41) is 4.40. The summed E-state index contributed by atoms with van der Waals surface area (Å²) in [6, 6.07) is 7.66. The Labute approximate surface area is 160 Å². The van der Waals surface area contributed by atoms with Gasteiger partial charge in [0.2, 0.25) is 0 Å². The van der Waals surface area contributed by atoms with Crippen molar-refractivity contribution in [2.24, 2.45) is 5.41 Å². The molecule has 4 rings (SSSR count). The van der Waals surface area contributed by atoms with E-state index in [1.807, 2.05) is 29.2 Å². The topological polar surface area (TPSA) is 56.6 Å². The van der Waals surface area contributed by atoms with Crippen LogP contribution in [0, 0.1) is 5.41 Å². The maximum atomic E-state index is 13.1. The molecule has 2 aliphatic rings. The van der Waals surface area contributed by atoms with Crippen LogP contribution in [0.3, 0.4) is 0 Å². The zero-order chi connectivity index (χ0) is 18.9. The highest BCUT2D eigenvalue weighted by molar-refractivity contribution is 5.94. The van der Waals surface area contributed by atoms with E-state index in [2.05, 4.69) is 5.10 Å². The highest BCUT2D eigenvalue weighted by atomic mass is 16.5. The van der Waals surface area contributed by atoms with Gasteiger partial charge in [-0.15, -0.1) is 0 Å². The van der Waals surface area contributed by atoms with Crippen LogP contribution in [0.25, 0.3) is 5.69 Å². The quantitative estimate of drug-likeness (QED) is 0.830. The zero-order valence-corrected chi connectivity index (χ0v) is 16.1. The monoisotopic (exact) mass is 369 g/mol. The van der Waals surface area contributed by atoms with Crippen molar-refractivity contribution in [1.29, 1.82) is 0 Å². The summed E-state index contributed by atoms with van der Waals surface area (Å²) in [6.45, 7) is 1.58. The number of ether oxygens (including phenoxy) is 2. The van der Waals surface area contributed by atoms with Gasteiger partial charge >= 0.3 is 0 Å². The summed E-state index contributed by atoms with van der Waals surface area (Å²) in [7, 11) is 3.44. The van der Waals surface area contributed by atoms with Gasteiger partial charge in [0.1, 0.15) is 11.4 Å². The molecule has 2 atom stereocenters. The summed E-state index contributed by atoms with van der Waals surface area (Å²) in [6.07, 6.45) is 9.33. The predicted octanol–water partition coefficient (Wildman–Crippen LogP) is 3.30. The molecular formula is C21H27N3O3. The van der Waals surface area contributed by atoms with E-state index in [0.29, 0.717) is 5.56 Å². The van der Waals surface area contributed by atoms with Crippen LogP contribution in [0.5, 0.6) is 5.75 Å². The Morgan fingerprint density at radius 2 is 2.04 bits per heavy atom. The minimum Gasteiger partial charge on any atom is -0.494 e. The van der Waals surface area contributed by atoms with Crippen LogP contribution in [0.1, 0.15) is 42.5 Å². The Morgan fingerprint density at radius 3 is 2.85 bits per heavy atom. The van der Waals surface area contributed by atoms with Crippen molar-refractivity contribution < 1.29 is 14.3 Å². The van der Waals surface area contributed by atoms with Gasteiger partial charge in [0.15, 0.2) is 0 Å². The molecule has 1 saturated heterocycles. The van der Waals surface area contributed by atoms with E-state index in [0.717, 1.165) is 50.2 Å². The number of hydrogen-bond acceptors (Lipinski definition) is 4. The fourth-order valence-corrected chi connectivity index (χ4v) is 4.84. The lowest BCUT2D eigenvalue weighted by molar-refractivity contribution is -0.0295. The number of aromatic nitrogens is 2. The third kappa shape index (κ3) is 3.23. The van der Waals surface area contributed by atoms with Crippen molar-refractivity contribution in [2.75, 3.05) is 27.3 Å². The van der Waals surface area contributed by atoms with Gasteiger partial charge in [-0.05, 0) is 37.8 Å². The Hall–Kier alpha value is -2.34. The van der Waals surface area contributed by atoms with E-state index in [1.165, 1.54) is 6.42 Å². The van der Waals surface area contributed by atoms with Gasteiger partial charge in [-0.3, -0.25) is 4.79 Å². The fourth-order valence-electron chi connectivity index (χ4n) is 4.84. The van der Waals surface area contributed by atoms with Gasteiger partial charge in [0.05, 0.1) is 25.0 Å². The molecule has 27 heavy (non-hydrogen) atoms. The normalized spacial score (nSPS) is 25.1. The first-order valence-corrected chi connectivity index (χ1v) is 9.67. The van der Waals surface area contributed by atoms with Crippen LogP contribution in [0.4, 0.5) is 0 Å². The molecule has 1 aliphatic heterocycles. The first-order chi connectivity index (χ1) is 13.2. The maximum absolute atomic E-state index is 13.1. The minimum absolute atomic E-state index is 0.0528. The molecule has 1 saturated carbocycles. The van der Waals surface area contributed by atoms with Gasteiger partial charge < -0.3 is 14.4 Å². The molecule has 144 valence electrons. The van der Waals surface area contributed by atoms with Gasteiger partial charge in [-0.2, -0.15) is 5.10 Å². The largest absolute Gasteiger partial charge is 0.494 e. The maximum Gasteiger partial charge on any atom is 0.257 e. The molecule has 2 aromatic rings. The average molecular weight is 369 g/mol. The van der Waals surface area contributed by atoms with Crippen molar-refractivity contribution in [2.45, 2.75) is 38.2 Å². The number of nitrogens with zero attached hydrogens (tertiary/aromatic N) is 3. The van der Waals surface area contributed by atoms with Gasteiger partial charge in [0.25, 0.3) is 5.91 Å². The third-order valence-corrected chi connectivity index (χ3v) is 6.17. The summed E-state index contributed by atoms with van der Waals surface area (Å²) in [5.41, 5.74) is 1.57. The number of carbonyl (C=O) groups excluding carboxylic acids is 1. The lowest BCUT2D eigenvalue weighted by Crippen LogP contribution is -2.49. The van der Waals surface area contributed by atoms with Crippen molar-refractivity contribution >= 4 is 5.91 Å². The van der Waals surface area contributed by atoms with E-state index < -0.39 is 0 Å². The second-order valence-corrected chi connectivity index (χ2v) is 7.65. The summed E-state index contributed by atoms with van der Waals surface area (Å²) in [5.74, 6) is 0.780. The van der Waals surface area contributed by atoms with Gasteiger partial charge in [-0.25, -0.2) is 4.68 Å². The van der Waals surface area contributed by atoms with Crippen molar-refractivity contribution in [3.8, 4) is 11.4 Å². The van der Waals surface area contributed by atoms with Crippen LogP contribution in [-0.4, -0.2) is 54.0 Å². The smallest absolute Gasteiger partial charge is 0.257 e. The zero-order valence-electron chi connectivity index (χ0n) is 16.1. The average Bonchev–Trinajstić information content (AvgIpc) is 3.35. The molecule has 1 spiro atoms. The van der Waals surface area contributed by atoms with Crippen LogP contribution in [0.15, 0.2) is 36.7 Å². The molecule has 1 amide bonds. The number of likely N-dealkylation sites (tertiary alicyclic amines) is 1. The molecule has 0 bridgehead atoms. The Kier molecular flexibility index (Phi) is 4.91. The molecule has 1 aromatic heterocycles. The molecule has 0 unspecified atom stereocenters. The van der Waals surface area contributed by atoms with Crippen LogP contribution < -0.4 is 4.74 Å². The van der Waals surface area contributed by atoms with E-state index in [4.69, 9.17) is 9.47 Å². The van der Waals surface area contributed by atoms with Crippen molar-refractivity contribution in [3.05, 3.63) is 42.2 Å². The van der Waals surface area contributed by atoms with Crippen LogP contribution in [0.2, 0.25) is 0 Å². The van der Waals surface area contributed by atoms with Crippen molar-refractivity contribution in [1.82, 2.24) is 14.7 Å². The predicted molar refractivity (Wildman–Crippen MR) is 102 cm³/mol. The molecule has 0 radical (unpaired) electrons. The van der Waals surface area contributed by atoms with E-state index in [-0.39, 0.29) is 17.4 Å². The molecule has 1 aliphatic carbocycles.